The Kier molecular flexibility index (Phi) is 3.43. The van der Waals surface area contributed by atoms with Crippen LogP contribution in [0.4, 0.5) is 5.69 Å². The molecule has 1 aromatic carbocycles. The molecule has 0 saturated carbocycles. The summed E-state index contributed by atoms with van der Waals surface area (Å²) in [5.41, 5.74) is 3.34. The number of fused-ring (bicyclic) bond motifs is 1. The third kappa shape index (κ3) is 2.52. The molecule has 1 aromatic heterocycles. The maximum absolute atomic E-state index is 12.3. The van der Waals surface area contributed by atoms with Crippen molar-refractivity contribution in [3.05, 3.63) is 63.9 Å². The molecule has 104 valence electrons. The van der Waals surface area contributed by atoms with E-state index in [1.165, 1.54) is 12.3 Å². The fraction of sp³-hybridized carbons (Fsp3) is 0.0625. The molecule has 0 unspecified atom stereocenters. The third-order valence-electron chi connectivity index (χ3n) is 3.32. The van der Waals surface area contributed by atoms with Crippen molar-refractivity contribution in [2.75, 3.05) is 5.32 Å². The number of aryl methyl sites for hydroxylation is 1. The van der Waals surface area contributed by atoms with Crippen LogP contribution < -0.4 is 5.32 Å². The third-order valence-corrected chi connectivity index (χ3v) is 3.79. The average molecular weight is 343 g/mol. The maximum Gasteiger partial charge on any atom is 0.256 e. The first-order chi connectivity index (χ1) is 10.1. The minimum absolute atomic E-state index is 0.240. The number of anilines is 1. The number of nitrogens with one attached hydrogen (secondary N) is 1. The summed E-state index contributed by atoms with van der Waals surface area (Å²) in [6.45, 7) is 1.92. The van der Waals surface area contributed by atoms with Crippen LogP contribution in [0.1, 0.15) is 21.5 Å². The van der Waals surface area contributed by atoms with Crippen LogP contribution >= 0.6 is 15.9 Å². The first-order valence-electron chi connectivity index (χ1n) is 6.35. The quantitative estimate of drug-likeness (QED) is 0.517. The van der Waals surface area contributed by atoms with Gasteiger partial charge in [0.05, 0.1) is 5.57 Å². The summed E-state index contributed by atoms with van der Waals surface area (Å²) in [5, 5.41) is 2.77. The second-order valence-electron chi connectivity index (χ2n) is 4.74. The topological polar surface area (TPSA) is 59.1 Å². The minimum Gasteiger partial charge on any atom is -0.321 e. The Bertz CT molecular complexity index is 779. The van der Waals surface area contributed by atoms with Crippen molar-refractivity contribution in [3.63, 3.8) is 0 Å². The number of pyridine rings is 1. The largest absolute Gasteiger partial charge is 0.321 e. The van der Waals surface area contributed by atoms with Crippen LogP contribution in [0.2, 0.25) is 0 Å². The van der Waals surface area contributed by atoms with Crippen molar-refractivity contribution in [2.45, 2.75) is 6.92 Å². The number of carbonyl (C=O) groups is 2. The Hall–Kier alpha value is -2.27. The van der Waals surface area contributed by atoms with Gasteiger partial charge < -0.3 is 5.32 Å². The van der Waals surface area contributed by atoms with Crippen molar-refractivity contribution >= 4 is 38.9 Å². The second kappa shape index (κ2) is 5.26. The number of benzene rings is 1. The minimum atomic E-state index is -0.252. The number of halogens is 1. The van der Waals surface area contributed by atoms with Gasteiger partial charge in [-0.15, -0.1) is 0 Å². The van der Waals surface area contributed by atoms with Gasteiger partial charge in [-0.3, -0.25) is 9.59 Å². The number of hydrogen-bond donors (Lipinski definition) is 1. The van der Waals surface area contributed by atoms with Crippen molar-refractivity contribution < 1.29 is 9.59 Å². The molecular formula is C16H11BrN2O2. The molecule has 2 aromatic rings. The lowest BCUT2D eigenvalue weighted by Gasteiger charge is -2.02. The van der Waals surface area contributed by atoms with E-state index < -0.39 is 0 Å². The Morgan fingerprint density at radius 2 is 2.10 bits per heavy atom. The molecular weight excluding hydrogens is 332 g/mol. The van der Waals surface area contributed by atoms with E-state index in [0.717, 1.165) is 16.8 Å². The fourth-order valence-electron chi connectivity index (χ4n) is 2.31. The number of allylic oxidation sites excluding steroid dienone is 1. The molecule has 0 aliphatic carbocycles. The normalized spacial score (nSPS) is 15.0. The van der Waals surface area contributed by atoms with Gasteiger partial charge in [0.1, 0.15) is 4.60 Å². The van der Waals surface area contributed by atoms with E-state index in [2.05, 4.69) is 26.2 Å². The fourth-order valence-corrected chi connectivity index (χ4v) is 2.54. The molecule has 0 bridgehead atoms. The van der Waals surface area contributed by atoms with Crippen molar-refractivity contribution in [3.8, 4) is 0 Å². The maximum atomic E-state index is 12.3. The molecule has 2 heterocycles. The van der Waals surface area contributed by atoms with Crippen molar-refractivity contribution in [2.24, 2.45) is 0 Å². The van der Waals surface area contributed by atoms with Crippen molar-refractivity contribution in [1.82, 2.24) is 4.98 Å². The van der Waals surface area contributed by atoms with Gasteiger partial charge in [-0.1, -0.05) is 12.1 Å². The molecule has 3 rings (SSSR count). The van der Waals surface area contributed by atoms with E-state index in [0.29, 0.717) is 15.7 Å². The lowest BCUT2D eigenvalue weighted by atomic mass is 9.99. The molecule has 1 N–H and O–H groups in total. The van der Waals surface area contributed by atoms with Gasteiger partial charge in [-0.05, 0) is 52.7 Å². The van der Waals surface area contributed by atoms with Crippen LogP contribution in [-0.4, -0.2) is 16.7 Å². The molecule has 0 spiro atoms. The highest BCUT2D eigenvalue weighted by Gasteiger charge is 2.26. The summed E-state index contributed by atoms with van der Waals surface area (Å²) in [6.07, 6.45) is 2.86. The Labute approximate surface area is 130 Å². The number of ketones is 1. The summed E-state index contributed by atoms with van der Waals surface area (Å²) in [4.78, 5) is 28.3. The zero-order chi connectivity index (χ0) is 15.0. The van der Waals surface area contributed by atoms with Gasteiger partial charge in [-0.2, -0.15) is 0 Å². The van der Waals surface area contributed by atoms with Crippen LogP contribution in [0.15, 0.2) is 47.2 Å². The molecule has 1 aliphatic rings. The monoisotopic (exact) mass is 342 g/mol. The SMILES string of the molecule is Cc1cccc2c1C(=CC(=O)c1ccc(Br)nc1)C(=O)N2. The van der Waals surface area contributed by atoms with E-state index in [-0.39, 0.29) is 11.7 Å². The molecule has 0 saturated heterocycles. The van der Waals surface area contributed by atoms with Crippen LogP contribution in [0.5, 0.6) is 0 Å². The lowest BCUT2D eigenvalue weighted by Crippen LogP contribution is -2.06. The molecule has 21 heavy (non-hydrogen) atoms. The number of hydrogen-bond acceptors (Lipinski definition) is 3. The van der Waals surface area contributed by atoms with E-state index in [1.807, 2.05) is 25.1 Å². The molecule has 5 heteroatoms. The Morgan fingerprint density at radius 1 is 1.29 bits per heavy atom. The van der Waals surface area contributed by atoms with Crippen LogP contribution in [0, 0.1) is 6.92 Å². The van der Waals surface area contributed by atoms with E-state index in [4.69, 9.17) is 0 Å². The number of carbonyl (C=O) groups excluding carboxylic acids is 2. The van der Waals surface area contributed by atoms with Gasteiger partial charge in [0.25, 0.3) is 5.91 Å². The first kappa shape index (κ1) is 13.7. The van der Waals surface area contributed by atoms with Crippen LogP contribution in [0.3, 0.4) is 0 Å². The van der Waals surface area contributed by atoms with E-state index in [9.17, 15) is 9.59 Å². The summed E-state index contributed by atoms with van der Waals surface area (Å²) in [5.74, 6) is -0.492. The zero-order valence-corrected chi connectivity index (χ0v) is 12.8. The summed E-state index contributed by atoms with van der Waals surface area (Å²) in [6, 6.07) is 8.98. The smallest absolute Gasteiger partial charge is 0.256 e. The standard InChI is InChI=1S/C16H11BrN2O2/c1-9-3-2-4-12-15(9)11(16(21)19-12)7-13(20)10-5-6-14(17)18-8-10/h2-8H,1H3,(H,19,21). The zero-order valence-electron chi connectivity index (χ0n) is 11.2. The van der Waals surface area contributed by atoms with Gasteiger partial charge in [0, 0.05) is 23.0 Å². The highest BCUT2D eigenvalue weighted by molar-refractivity contribution is 9.10. The molecule has 1 amide bonds. The van der Waals surface area contributed by atoms with Gasteiger partial charge >= 0.3 is 0 Å². The Morgan fingerprint density at radius 3 is 2.81 bits per heavy atom. The average Bonchev–Trinajstić information content (AvgIpc) is 2.77. The molecule has 4 nitrogen and oxygen atoms in total. The number of rotatable bonds is 2. The van der Waals surface area contributed by atoms with Gasteiger partial charge in [-0.25, -0.2) is 4.98 Å². The summed E-state index contributed by atoms with van der Waals surface area (Å²) >= 11 is 3.22. The predicted molar refractivity (Wildman–Crippen MR) is 84.1 cm³/mol. The number of aromatic nitrogens is 1. The van der Waals surface area contributed by atoms with E-state index in [1.54, 1.807) is 12.1 Å². The highest BCUT2D eigenvalue weighted by atomic mass is 79.9. The molecule has 0 fully saturated rings. The van der Waals surface area contributed by atoms with Gasteiger partial charge in [0.15, 0.2) is 5.78 Å². The number of nitrogens with zero attached hydrogens (tertiary/aromatic N) is 1. The molecule has 0 atom stereocenters. The number of amides is 1. The van der Waals surface area contributed by atoms with Gasteiger partial charge in [0.2, 0.25) is 0 Å². The summed E-state index contributed by atoms with van der Waals surface area (Å²) in [7, 11) is 0. The first-order valence-corrected chi connectivity index (χ1v) is 7.14. The second-order valence-corrected chi connectivity index (χ2v) is 5.56. The van der Waals surface area contributed by atoms with Crippen molar-refractivity contribution in [1.29, 1.82) is 0 Å². The van der Waals surface area contributed by atoms with Crippen LogP contribution in [0.25, 0.3) is 5.57 Å². The lowest BCUT2D eigenvalue weighted by molar-refractivity contribution is -0.110. The highest BCUT2D eigenvalue weighted by Crippen LogP contribution is 2.34. The predicted octanol–water partition coefficient (Wildman–Crippen LogP) is 3.37. The Balaban J connectivity index is 2.03. The molecule has 1 aliphatic heterocycles. The summed E-state index contributed by atoms with van der Waals surface area (Å²) < 4.78 is 0.659. The molecule has 0 radical (unpaired) electrons. The van der Waals surface area contributed by atoms with Crippen LogP contribution in [-0.2, 0) is 4.79 Å². The van der Waals surface area contributed by atoms with E-state index >= 15 is 0 Å².